The Labute approximate surface area is 151 Å². The Morgan fingerprint density at radius 3 is 2.27 bits per heavy atom. The van der Waals surface area contributed by atoms with Crippen molar-refractivity contribution in [2.24, 2.45) is 0 Å². The Kier molecular flexibility index (Phi) is 4.59. The van der Waals surface area contributed by atoms with E-state index in [1.807, 2.05) is 30.5 Å². The van der Waals surface area contributed by atoms with Crippen molar-refractivity contribution >= 4 is 23.1 Å². The van der Waals surface area contributed by atoms with E-state index in [0.29, 0.717) is 11.5 Å². The van der Waals surface area contributed by atoms with Gasteiger partial charge in [-0.25, -0.2) is 19.3 Å². The number of para-hydroxylation sites is 1. The van der Waals surface area contributed by atoms with Crippen LogP contribution in [0.2, 0.25) is 0 Å². The molecule has 0 bridgehead atoms. The molecule has 0 saturated carbocycles. The molecule has 1 aliphatic heterocycles. The van der Waals surface area contributed by atoms with Gasteiger partial charge in [-0.05, 0) is 24.3 Å². The molecular formula is C19H19FN6. The normalized spacial score (nSPS) is 14.3. The van der Waals surface area contributed by atoms with Crippen LogP contribution in [0, 0.1) is 5.82 Å². The van der Waals surface area contributed by atoms with E-state index < -0.39 is 0 Å². The predicted molar refractivity (Wildman–Crippen MR) is 100 cm³/mol. The second-order valence-corrected chi connectivity index (χ2v) is 6.03. The maximum atomic E-state index is 13.8. The molecule has 2 aromatic heterocycles. The molecule has 1 aliphatic rings. The number of rotatable bonds is 4. The molecule has 1 N–H and O–H groups in total. The number of nitrogens with zero attached hydrogens (tertiary/aromatic N) is 5. The molecule has 0 unspecified atom stereocenters. The zero-order valence-electron chi connectivity index (χ0n) is 14.2. The number of hydrogen-bond acceptors (Lipinski definition) is 6. The van der Waals surface area contributed by atoms with E-state index in [1.54, 1.807) is 18.2 Å². The minimum Gasteiger partial charge on any atom is -0.353 e. The van der Waals surface area contributed by atoms with E-state index in [2.05, 4.69) is 30.1 Å². The van der Waals surface area contributed by atoms with Crippen LogP contribution >= 0.6 is 0 Å². The van der Waals surface area contributed by atoms with Crippen molar-refractivity contribution in [3.05, 3.63) is 66.9 Å². The van der Waals surface area contributed by atoms with E-state index in [4.69, 9.17) is 0 Å². The van der Waals surface area contributed by atoms with Crippen LogP contribution in [0.1, 0.15) is 0 Å². The number of benzene rings is 1. The molecule has 0 aliphatic carbocycles. The Bertz CT molecular complexity index is 865. The quantitative estimate of drug-likeness (QED) is 0.780. The van der Waals surface area contributed by atoms with Crippen LogP contribution in [0.15, 0.2) is 61.1 Å². The van der Waals surface area contributed by atoms with E-state index in [9.17, 15) is 4.39 Å². The van der Waals surface area contributed by atoms with E-state index >= 15 is 0 Å². The molecule has 6 nitrogen and oxygen atoms in total. The maximum Gasteiger partial charge on any atom is 0.146 e. The van der Waals surface area contributed by atoms with Crippen LogP contribution in [-0.4, -0.2) is 41.1 Å². The smallest absolute Gasteiger partial charge is 0.146 e. The largest absolute Gasteiger partial charge is 0.353 e. The Morgan fingerprint density at radius 1 is 0.808 bits per heavy atom. The van der Waals surface area contributed by atoms with Gasteiger partial charge in [0.15, 0.2) is 0 Å². The van der Waals surface area contributed by atoms with E-state index in [1.165, 1.54) is 12.4 Å². The van der Waals surface area contributed by atoms with Crippen LogP contribution in [0.25, 0.3) is 0 Å². The summed E-state index contributed by atoms with van der Waals surface area (Å²) in [5, 5.41) is 3.01. The third kappa shape index (κ3) is 3.56. The summed E-state index contributed by atoms with van der Waals surface area (Å²) >= 11 is 0. The van der Waals surface area contributed by atoms with Crippen molar-refractivity contribution in [2.45, 2.75) is 0 Å². The standard InChI is InChI=1S/C19H19FN6/c20-15-5-1-2-6-16(15)24-17-13-19(23-14-22-17)26-11-9-25(10-12-26)18-7-3-4-8-21-18/h1-8,13-14H,9-12H2,(H,22,23,24). The molecule has 3 aromatic rings. The Hall–Kier alpha value is -3.22. The minimum absolute atomic E-state index is 0.309. The summed E-state index contributed by atoms with van der Waals surface area (Å²) < 4.78 is 13.8. The fourth-order valence-corrected chi connectivity index (χ4v) is 2.99. The van der Waals surface area contributed by atoms with Crippen molar-refractivity contribution in [1.82, 2.24) is 15.0 Å². The lowest BCUT2D eigenvalue weighted by Crippen LogP contribution is -2.47. The molecule has 0 amide bonds. The zero-order chi connectivity index (χ0) is 17.8. The maximum absolute atomic E-state index is 13.8. The fourth-order valence-electron chi connectivity index (χ4n) is 2.99. The highest BCUT2D eigenvalue weighted by Gasteiger charge is 2.19. The number of hydrogen-bond donors (Lipinski definition) is 1. The molecule has 1 saturated heterocycles. The first-order valence-corrected chi connectivity index (χ1v) is 8.54. The lowest BCUT2D eigenvalue weighted by molar-refractivity contribution is 0.631. The van der Waals surface area contributed by atoms with Gasteiger partial charge in [-0.3, -0.25) is 0 Å². The van der Waals surface area contributed by atoms with Crippen LogP contribution in [0.3, 0.4) is 0 Å². The summed E-state index contributed by atoms with van der Waals surface area (Å²) in [4.78, 5) is 17.4. The molecule has 0 atom stereocenters. The first-order chi connectivity index (χ1) is 12.8. The van der Waals surface area contributed by atoms with Gasteiger partial charge in [0.2, 0.25) is 0 Å². The van der Waals surface area contributed by atoms with Gasteiger partial charge in [-0.15, -0.1) is 0 Å². The van der Waals surface area contributed by atoms with Gasteiger partial charge in [0.25, 0.3) is 0 Å². The third-order valence-corrected chi connectivity index (χ3v) is 4.37. The Morgan fingerprint density at radius 2 is 1.54 bits per heavy atom. The van der Waals surface area contributed by atoms with Gasteiger partial charge < -0.3 is 15.1 Å². The lowest BCUT2D eigenvalue weighted by atomic mass is 10.3. The number of pyridine rings is 1. The molecule has 1 fully saturated rings. The second-order valence-electron chi connectivity index (χ2n) is 6.03. The van der Waals surface area contributed by atoms with Gasteiger partial charge in [0.05, 0.1) is 5.69 Å². The molecule has 132 valence electrons. The van der Waals surface area contributed by atoms with Crippen LogP contribution < -0.4 is 15.1 Å². The number of aromatic nitrogens is 3. The molecule has 1 aromatic carbocycles. The van der Waals surface area contributed by atoms with E-state index in [0.717, 1.165) is 37.8 Å². The summed E-state index contributed by atoms with van der Waals surface area (Å²) in [5.74, 6) is 2.10. The number of anilines is 4. The molecule has 0 spiro atoms. The summed E-state index contributed by atoms with van der Waals surface area (Å²) in [5.41, 5.74) is 0.400. The van der Waals surface area contributed by atoms with Crippen LogP contribution in [-0.2, 0) is 0 Å². The molecule has 4 rings (SSSR count). The average Bonchev–Trinajstić information content (AvgIpc) is 2.71. The number of halogens is 1. The molecule has 0 radical (unpaired) electrons. The first-order valence-electron chi connectivity index (χ1n) is 8.54. The van der Waals surface area contributed by atoms with Gasteiger partial charge in [0.1, 0.15) is 29.6 Å². The average molecular weight is 350 g/mol. The lowest BCUT2D eigenvalue weighted by Gasteiger charge is -2.36. The zero-order valence-corrected chi connectivity index (χ0v) is 14.2. The van der Waals surface area contributed by atoms with Crippen molar-refractivity contribution in [1.29, 1.82) is 0 Å². The SMILES string of the molecule is Fc1ccccc1Nc1cc(N2CCN(c3ccccn3)CC2)ncn1. The van der Waals surface area contributed by atoms with Crippen molar-refractivity contribution in [2.75, 3.05) is 41.3 Å². The highest BCUT2D eigenvalue weighted by atomic mass is 19.1. The first kappa shape index (κ1) is 16.3. The third-order valence-electron chi connectivity index (χ3n) is 4.37. The summed E-state index contributed by atoms with van der Waals surface area (Å²) in [6.07, 6.45) is 3.32. The van der Waals surface area contributed by atoms with Gasteiger partial charge in [-0.1, -0.05) is 18.2 Å². The van der Waals surface area contributed by atoms with Crippen LogP contribution in [0.4, 0.5) is 27.5 Å². The highest BCUT2D eigenvalue weighted by molar-refractivity contribution is 5.60. The summed E-state index contributed by atoms with van der Waals surface area (Å²) in [6, 6.07) is 14.3. The number of piperazine rings is 1. The second kappa shape index (κ2) is 7.35. The fraction of sp³-hybridized carbons (Fsp3) is 0.211. The molecular weight excluding hydrogens is 331 g/mol. The summed E-state index contributed by atoms with van der Waals surface area (Å²) in [7, 11) is 0. The van der Waals surface area contributed by atoms with Crippen molar-refractivity contribution in [3.63, 3.8) is 0 Å². The number of nitrogens with one attached hydrogen (secondary N) is 1. The predicted octanol–water partition coefficient (Wildman–Crippen LogP) is 3.08. The molecule has 7 heteroatoms. The van der Waals surface area contributed by atoms with Gasteiger partial charge in [-0.2, -0.15) is 0 Å². The minimum atomic E-state index is -0.309. The van der Waals surface area contributed by atoms with Crippen molar-refractivity contribution in [3.8, 4) is 0 Å². The monoisotopic (exact) mass is 350 g/mol. The molecule has 3 heterocycles. The van der Waals surface area contributed by atoms with Crippen molar-refractivity contribution < 1.29 is 4.39 Å². The summed E-state index contributed by atoms with van der Waals surface area (Å²) in [6.45, 7) is 3.42. The Balaban J connectivity index is 1.44. The van der Waals surface area contributed by atoms with Crippen LogP contribution in [0.5, 0.6) is 0 Å². The van der Waals surface area contributed by atoms with Gasteiger partial charge in [0, 0.05) is 38.4 Å². The van der Waals surface area contributed by atoms with Gasteiger partial charge >= 0.3 is 0 Å². The molecule has 26 heavy (non-hydrogen) atoms. The van der Waals surface area contributed by atoms with E-state index in [-0.39, 0.29) is 5.82 Å². The topological polar surface area (TPSA) is 57.2 Å². The highest BCUT2D eigenvalue weighted by Crippen LogP contribution is 2.22.